The molecule has 5 rings (SSSR count). The van der Waals surface area contributed by atoms with Gasteiger partial charge in [0.25, 0.3) is 10.0 Å². The number of sulfonamides is 1. The largest absolute Gasteiger partial charge is 0.573 e. The number of rotatable bonds is 5. The van der Waals surface area contributed by atoms with E-state index in [1.165, 1.54) is 24.3 Å². The number of anilines is 2. The first-order valence-corrected chi connectivity index (χ1v) is 11.8. The van der Waals surface area contributed by atoms with Gasteiger partial charge in [-0.1, -0.05) is 12.1 Å². The van der Waals surface area contributed by atoms with Crippen LogP contribution in [0.25, 0.3) is 0 Å². The number of ketones is 1. The van der Waals surface area contributed by atoms with E-state index in [0.29, 0.717) is 23.5 Å². The Morgan fingerprint density at radius 3 is 2.43 bits per heavy atom. The van der Waals surface area contributed by atoms with Crippen LogP contribution in [0.15, 0.2) is 70.9 Å². The van der Waals surface area contributed by atoms with Gasteiger partial charge in [-0.25, -0.2) is 8.42 Å². The van der Waals surface area contributed by atoms with Crippen LogP contribution in [0.3, 0.4) is 0 Å². The smallest absolute Gasteiger partial charge is 0.406 e. The summed E-state index contributed by atoms with van der Waals surface area (Å²) < 4.78 is 68.7. The van der Waals surface area contributed by atoms with Crippen molar-refractivity contribution in [3.8, 4) is 5.75 Å². The number of aromatic amines is 1. The molecule has 182 valence electrons. The van der Waals surface area contributed by atoms with Gasteiger partial charge in [-0.3, -0.25) is 14.6 Å². The van der Waals surface area contributed by atoms with Gasteiger partial charge in [-0.15, -0.1) is 13.2 Å². The SMILES string of the molecule is O=C1CNCC2=C1C(c1ccc(S(=O)(=O)Nc3ccc(OC(F)(F)F)cc3)cc1)c1cn[nH]c1N2. The predicted octanol–water partition coefficient (Wildman–Crippen LogP) is 3.09. The van der Waals surface area contributed by atoms with Crippen molar-refractivity contribution in [2.24, 2.45) is 0 Å². The third-order valence-electron chi connectivity index (χ3n) is 5.62. The number of H-pyrrole nitrogens is 1. The van der Waals surface area contributed by atoms with E-state index in [0.717, 1.165) is 23.4 Å². The molecule has 0 spiro atoms. The fourth-order valence-electron chi connectivity index (χ4n) is 4.15. The van der Waals surface area contributed by atoms with Gasteiger partial charge < -0.3 is 15.4 Å². The molecule has 2 aliphatic rings. The number of fused-ring (bicyclic) bond motifs is 1. The van der Waals surface area contributed by atoms with Crippen molar-refractivity contribution in [3.63, 3.8) is 0 Å². The number of halogens is 3. The molecule has 0 aliphatic carbocycles. The van der Waals surface area contributed by atoms with Crippen LogP contribution in [0.5, 0.6) is 5.75 Å². The van der Waals surface area contributed by atoms with Crippen molar-refractivity contribution in [1.29, 1.82) is 0 Å². The Bertz CT molecular complexity index is 1410. The van der Waals surface area contributed by atoms with E-state index in [1.807, 2.05) is 0 Å². The van der Waals surface area contributed by atoms with E-state index in [2.05, 4.69) is 30.3 Å². The van der Waals surface area contributed by atoms with Gasteiger partial charge in [-0.05, 0) is 42.0 Å². The van der Waals surface area contributed by atoms with E-state index in [9.17, 15) is 26.4 Å². The second-order valence-corrected chi connectivity index (χ2v) is 9.61. The summed E-state index contributed by atoms with van der Waals surface area (Å²) in [7, 11) is -4.03. The highest BCUT2D eigenvalue weighted by Crippen LogP contribution is 2.42. The number of nitrogens with zero attached hydrogens (tertiary/aromatic N) is 1. The summed E-state index contributed by atoms with van der Waals surface area (Å²) in [5.41, 5.74) is 2.89. The average molecular weight is 505 g/mol. The molecule has 0 fully saturated rings. The molecule has 2 aromatic carbocycles. The topological polar surface area (TPSA) is 125 Å². The number of carbonyl (C=O) groups is 1. The van der Waals surface area contributed by atoms with Gasteiger partial charge in [-0.2, -0.15) is 5.10 Å². The van der Waals surface area contributed by atoms with Crippen LogP contribution in [0.4, 0.5) is 24.7 Å². The van der Waals surface area contributed by atoms with E-state index in [-0.39, 0.29) is 22.9 Å². The predicted molar refractivity (Wildman–Crippen MR) is 119 cm³/mol. The van der Waals surface area contributed by atoms with Crippen LogP contribution in [0.2, 0.25) is 0 Å². The quantitative estimate of drug-likeness (QED) is 0.420. The first-order chi connectivity index (χ1) is 16.6. The number of aromatic nitrogens is 2. The Kier molecular flexibility index (Phi) is 5.52. The maximum atomic E-state index is 12.8. The number of carbonyl (C=O) groups excluding carboxylic acids is 1. The molecule has 35 heavy (non-hydrogen) atoms. The Morgan fingerprint density at radius 2 is 1.74 bits per heavy atom. The number of benzene rings is 2. The molecule has 0 saturated carbocycles. The highest BCUT2D eigenvalue weighted by molar-refractivity contribution is 7.92. The van der Waals surface area contributed by atoms with Gasteiger partial charge in [0.15, 0.2) is 5.78 Å². The van der Waals surface area contributed by atoms with Gasteiger partial charge >= 0.3 is 6.36 Å². The molecule has 0 radical (unpaired) electrons. The Morgan fingerprint density at radius 1 is 1.03 bits per heavy atom. The van der Waals surface area contributed by atoms with E-state index in [1.54, 1.807) is 18.3 Å². The van der Waals surface area contributed by atoms with Gasteiger partial charge in [0, 0.05) is 35.0 Å². The molecule has 0 amide bonds. The fraction of sp³-hybridized carbons (Fsp3) is 0.182. The molecule has 4 N–H and O–H groups in total. The van der Waals surface area contributed by atoms with Gasteiger partial charge in [0.2, 0.25) is 0 Å². The molecule has 1 unspecified atom stereocenters. The van der Waals surface area contributed by atoms with Crippen LogP contribution in [0.1, 0.15) is 17.0 Å². The lowest BCUT2D eigenvalue weighted by Gasteiger charge is -2.32. The Labute approximate surface area is 197 Å². The van der Waals surface area contributed by atoms with Crippen molar-refractivity contribution in [1.82, 2.24) is 15.5 Å². The summed E-state index contributed by atoms with van der Waals surface area (Å²) in [6.45, 7) is 0.687. The van der Waals surface area contributed by atoms with E-state index >= 15 is 0 Å². The number of nitrogens with one attached hydrogen (secondary N) is 4. The molecule has 2 aliphatic heterocycles. The van der Waals surface area contributed by atoms with Crippen molar-refractivity contribution in [2.75, 3.05) is 23.1 Å². The fourth-order valence-corrected chi connectivity index (χ4v) is 5.21. The summed E-state index contributed by atoms with van der Waals surface area (Å²) in [4.78, 5) is 12.7. The van der Waals surface area contributed by atoms with Crippen LogP contribution < -0.4 is 20.1 Å². The highest BCUT2D eigenvalue weighted by atomic mass is 32.2. The minimum Gasteiger partial charge on any atom is -0.406 e. The van der Waals surface area contributed by atoms with Crippen LogP contribution in [-0.2, 0) is 14.8 Å². The zero-order valence-electron chi connectivity index (χ0n) is 17.8. The third-order valence-corrected chi connectivity index (χ3v) is 7.02. The molecule has 1 atom stereocenters. The minimum absolute atomic E-state index is 0.0518. The Hall–Kier alpha value is -3.84. The monoisotopic (exact) mass is 505 g/mol. The summed E-state index contributed by atoms with van der Waals surface area (Å²) in [5, 5.41) is 13.2. The number of hydrogen-bond donors (Lipinski definition) is 4. The minimum atomic E-state index is -4.84. The molecule has 0 bridgehead atoms. The maximum absolute atomic E-state index is 12.8. The highest BCUT2D eigenvalue weighted by Gasteiger charge is 2.36. The first-order valence-electron chi connectivity index (χ1n) is 10.4. The lowest BCUT2D eigenvalue weighted by molar-refractivity contribution is -0.274. The van der Waals surface area contributed by atoms with Crippen LogP contribution in [0, 0.1) is 0 Å². The molecular weight excluding hydrogens is 487 g/mol. The lowest BCUT2D eigenvalue weighted by atomic mass is 9.80. The summed E-state index contributed by atoms with van der Waals surface area (Å²) >= 11 is 0. The zero-order valence-corrected chi connectivity index (χ0v) is 18.6. The van der Waals surface area contributed by atoms with Crippen molar-refractivity contribution < 1.29 is 31.1 Å². The molecule has 3 heterocycles. The summed E-state index contributed by atoms with van der Waals surface area (Å²) in [5.74, 6) is -0.277. The van der Waals surface area contributed by atoms with E-state index in [4.69, 9.17) is 0 Å². The van der Waals surface area contributed by atoms with Crippen molar-refractivity contribution >= 4 is 27.3 Å². The maximum Gasteiger partial charge on any atom is 0.573 e. The summed E-state index contributed by atoms with van der Waals surface area (Å²) in [6, 6.07) is 10.4. The van der Waals surface area contributed by atoms with Crippen LogP contribution in [-0.4, -0.2) is 43.9 Å². The molecule has 0 saturated heterocycles. The Balaban J connectivity index is 1.40. The second kappa shape index (κ2) is 8.43. The van der Waals surface area contributed by atoms with Crippen LogP contribution >= 0.6 is 0 Å². The zero-order chi connectivity index (χ0) is 24.8. The van der Waals surface area contributed by atoms with Crippen molar-refractivity contribution in [3.05, 3.63) is 77.1 Å². The van der Waals surface area contributed by atoms with Crippen molar-refractivity contribution in [2.45, 2.75) is 17.2 Å². The summed E-state index contributed by atoms with van der Waals surface area (Å²) in [6.07, 6.45) is -3.21. The standard InChI is InChI=1S/C22H18F3N5O4S/c23-22(24,25)34-14-5-3-13(4-6-14)30-35(32,33)15-7-1-12(2-8-15)19-16-9-27-29-21(16)28-17-10-26-11-18(31)20(17)19/h1-9,19,26,30H,10-11H2,(H2,27,28,29). The van der Waals surface area contributed by atoms with Gasteiger partial charge in [0.05, 0.1) is 17.6 Å². The molecule has 9 nitrogen and oxygen atoms in total. The number of Topliss-reactive ketones (excluding diaryl/α,β-unsaturated/α-hetero) is 1. The third kappa shape index (κ3) is 4.59. The number of ether oxygens (including phenoxy) is 1. The normalized spacial score (nSPS) is 17.9. The number of hydrogen-bond acceptors (Lipinski definition) is 7. The average Bonchev–Trinajstić information content (AvgIpc) is 3.26. The molecule has 3 aromatic rings. The molecule has 1 aromatic heterocycles. The van der Waals surface area contributed by atoms with E-state index < -0.39 is 28.1 Å². The first kappa shape index (κ1) is 22.9. The van der Waals surface area contributed by atoms with Gasteiger partial charge in [0.1, 0.15) is 11.6 Å². The molecular formula is C22H18F3N5O4S. The second-order valence-electron chi connectivity index (χ2n) is 7.92. The molecule has 13 heteroatoms. The number of alkyl halides is 3. The lowest BCUT2D eigenvalue weighted by Crippen LogP contribution is -2.39.